The third-order valence-electron chi connectivity index (χ3n) is 4.00. The van der Waals surface area contributed by atoms with Crippen molar-refractivity contribution < 1.29 is 13.2 Å². The monoisotopic (exact) mass is 313 g/mol. The quantitative estimate of drug-likeness (QED) is 0.735. The number of ether oxygens (including phenoxy) is 1. The summed E-state index contributed by atoms with van der Waals surface area (Å²) in [7, 11) is -3.51. The van der Waals surface area contributed by atoms with Gasteiger partial charge >= 0.3 is 0 Å². The van der Waals surface area contributed by atoms with Gasteiger partial charge in [0.2, 0.25) is 10.0 Å². The van der Waals surface area contributed by atoms with Crippen LogP contribution in [0.15, 0.2) is 17.2 Å². The average Bonchev–Trinajstić information content (AvgIpc) is 3.12. The number of hydrogen-bond donors (Lipinski definition) is 3. The van der Waals surface area contributed by atoms with Gasteiger partial charge in [-0.25, -0.2) is 13.1 Å². The van der Waals surface area contributed by atoms with Crippen molar-refractivity contribution in [1.29, 1.82) is 0 Å². The Morgan fingerprint density at radius 3 is 2.95 bits per heavy atom. The molecule has 3 N–H and O–H groups in total. The van der Waals surface area contributed by atoms with Crippen molar-refractivity contribution in [2.24, 2.45) is 0 Å². The van der Waals surface area contributed by atoms with Gasteiger partial charge in [0.15, 0.2) is 0 Å². The zero-order valence-corrected chi connectivity index (χ0v) is 13.1. The highest BCUT2D eigenvalue weighted by molar-refractivity contribution is 7.89. The van der Waals surface area contributed by atoms with Crippen LogP contribution in [0.1, 0.15) is 38.3 Å². The zero-order valence-electron chi connectivity index (χ0n) is 12.3. The largest absolute Gasteiger partial charge is 0.380 e. The fourth-order valence-corrected chi connectivity index (χ4v) is 4.05. The van der Waals surface area contributed by atoms with Crippen molar-refractivity contribution in [2.45, 2.75) is 55.6 Å². The maximum atomic E-state index is 12.5. The Bertz CT molecular complexity index is 586. The second-order valence-corrected chi connectivity index (χ2v) is 8.02. The molecule has 3 rings (SSSR count). The van der Waals surface area contributed by atoms with Crippen LogP contribution < -0.4 is 10.0 Å². The van der Waals surface area contributed by atoms with Gasteiger partial charge in [-0.15, -0.1) is 0 Å². The van der Waals surface area contributed by atoms with Gasteiger partial charge in [0.1, 0.15) is 0 Å². The molecule has 1 saturated heterocycles. The van der Waals surface area contributed by atoms with Crippen LogP contribution in [-0.4, -0.2) is 38.2 Å². The van der Waals surface area contributed by atoms with Gasteiger partial charge in [0.25, 0.3) is 0 Å². The van der Waals surface area contributed by atoms with E-state index in [0.29, 0.717) is 30.7 Å². The summed E-state index contributed by atoms with van der Waals surface area (Å²) in [6, 6.07) is 2.30. The molecule has 7 heteroatoms. The molecular weight excluding hydrogens is 290 g/mol. The fourth-order valence-electron chi connectivity index (χ4n) is 2.62. The molecule has 1 aliphatic heterocycles. The first-order valence-corrected chi connectivity index (χ1v) is 8.98. The molecule has 6 nitrogen and oxygen atoms in total. The van der Waals surface area contributed by atoms with Crippen molar-refractivity contribution in [2.75, 3.05) is 13.2 Å². The van der Waals surface area contributed by atoms with Crippen molar-refractivity contribution >= 4 is 10.0 Å². The molecule has 1 aromatic heterocycles. The number of sulfonamides is 1. The topological polar surface area (TPSA) is 83.2 Å². The minimum Gasteiger partial charge on any atom is -0.380 e. The number of aromatic amines is 1. The molecule has 0 bridgehead atoms. The molecule has 1 aromatic rings. The van der Waals surface area contributed by atoms with Crippen LogP contribution in [0.4, 0.5) is 0 Å². The SMILES string of the molecule is CC1(NS(=O)(=O)c2c[nH]c(CNC3CC3)c2)CCCOC1. The molecule has 0 radical (unpaired) electrons. The van der Waals surface area contributed by atoms with Gasteiger partial charge in [0, 0.05) is 31.1 Å². The molecule has 1 unspecified atom stereocenters. The Balaban J connectivity index is 1.65. The van der Waals surface area contributed by atoms with Crippen LogP contribution >= 0.6 is 0 Å². The van der Waals surface area contributed by atoms with Crippen LogP contribution in [0.5, 0.6) is 0 Å². The van der Waals surface area contributed by atoms with Crippen molar-refractivity contribution in [3.63, 3.8) is 0 Å². The van der Waals surface area contributed by atoms with Crippen molar-refractivity contribution in [1.82, 2.24) is 15.0 Å². The van der Waals surface area contributed by atoms with E-state index >= 15 is 0 Å². The summed E-state index contributed by atoms with van der Waals surface area (Å²) in [6.07, 6.45) is 5.66. The molecule has 1 aliphatic carbocycles. The minimum absolute atomic E-state index is 0.293. The highest BCUT2D eigenvalue weighted by atomic mass is 32.2. The predicted octanol–water partition coefficient (Wildman–Crippen LogP) is 1.11. The van der Waals surface area contributed by atoms with Crippen LogP contribution in [0.2, 0.25) is 0 Å². The lowest BCUT2D eigenvalue weighted by Gasteiger charge is -2.33. The first kappa shape index (κ1) is 15.0. The van der Waals surface area contributed by atoms with Crippen molar-refractivity contribution in [3.8, 4) is 0 Å². The predicted molar refractivity (Wildman–Crippen MR) is 79.4 cm³/mol. The van der Waals surface area contributed by atoms with E-state index in [4.69, 9.17) is 4.74 Å². The van der Waals surface area contributed by atoms with Crippen LogP contribution in [0.25, 0.3) is 0 Å². The Labute approximate surface area is 125 Å². The molecule has 2 heterocycles. The Morgan fingerprint density at radius 2 is 2.29 bits per heavy atom. The van der Waals surface area contributed by atoms with Gasteiger partial charge in [0.05, 0.1) is 17.0 Å². The lowest BCUT2D eigenvalue weighted by atomic mass is 9.97. The van der Waals surface area contributed by atoms with Gasteiger partial charge in [-0.2, -0.15) is 0 Å². The second-order valence-electron chi connectivity index (χ2n) is 6.34. The lowest BCUT2D eigenvalue weighted by Crippen LogP contribution is -2.51. The van der Waals surface area contributed by atoms with Gasteiger partial charge < -0.3 is 15.0 Å². The number of H-pyrrole nitrogens is 1. The van der Waals surface area contributed by atoms with E-state index in [-0.39, 0.29) is 0 Å². The first-order valence-electron chi connectivity index (χ1n) is 7.49. The molecule has 2 fully saturated rings. The molecule has 118 valence electrons. The number of aromatic nitrogens is 1. The molecule has 0 spiro atoms. The zero-order chi connectivity index (χ0) is 14.9. The van der Waals surface area contributed by atoms with Gasteiger partial charge in [-0.05, 0) is 38.7 Å². The van der Waals surface area contributed by atoms with E-state index in [1.165, 1.54) is 12.8 Å². The van der Waals surface area contributed by atoms with Crippen LogP contribution in [-0.2, 0) is 21.3 Å². The summed E-state index contributed by atoms with van der Waals surface area (Å²) in [4.78, 5) is 3.33. The van der Waals surface area contributed by atoms with E-state index in [1.807, 2.05) is 6.92 Å². The second kappa shape index (κ2) is 5.72. The number of nitrogens with one attached hydrogen (secondary N) is 3. The van der Waals surface area contributed by atoms with Crippen LogP contribution in [0.3, 0.4) is 0 Å². The summed E-state index contributed by atoms with van der Waals surface area (Å²) in [5.41, 5.74) is 0.383. The van der Waals surface area contributed by atoms with Crippen molar-refractivity contribution in [3.05, 3.63) is 18.0 Å². The molecular formula is C14H23N3O3S. The van der Waals surface area contributed by atoms with E-state index in [9.17, 15) is 8.42 Å². The molecule has 1 saturated carbocycles. The third kappa shape index (κ3) is 3.85. The molecule has 2 aliphatic rings. The van der Waals surface area contributed by atoms with Crippen LogP contribution in [0, 0.1) is 0 Å². The maximum absolute atomic E-state index is 12.5. The fraction of sp³-hybridized carbons (Fsp3) is 0.714. The average molecular weight is 313 g/mol. The first-order chi connectivity index (χ1) is 9.97. The Morgan fingerprint density at radius 1 is 1.48 bits per heavy atom. The number of rotatable bonds is 6. The minimum atomic E-state index is -3.51. The van der Waals surface area contributed by atoms with E-state index < -0.39 is 15.6 Å². The smallest absolute Gasteiger partial charge is 0.242 e. The van der Waals surface area contributed by atoms with E-state index in [2.05, 4.69) is 15.0 Å². The Kier molecular flexibility index (Phi) is 4.09. The molecule has 0 amide bonds. The third-order valence-corrected chi connectivity index (χ3v) is 5.62. The summed E-state index contributed by atoms with van der Waals surface area (Å²) < 4.78 is 33.1. The Hall–Kier alpha value is -0.890. The molecule has 0 aromatic carbocycles. The summed E-state index contributed by atoms with van der Waals surface area (Å²) in [5.74, 6) is 0. The van der Waals surface area contributed by atoms with Gasteiger partial charge in [-0.3, -0.25) is 0 Å². The summed E-state index contributed by atoms with van der Waals surface area (Å²) in [6.45, 7) is 3.71. The number of hydrogen-bond acceptors (Lipinski definition) is 4. The lowest BCUT2D eigenvalue weighted by molar-refractivity contribution is 0.0386. The molecule has 21 heavy (non-hydrogen) atoms. The summed E-state index contributed by atoms with van der Waals surface area (Å²) >= 11 is 0. The standard InChI is InChI=1S/C14H23N3O3S/c1-14(5-2-6-20-10-14)17-21(18,19)13-7-12(16-9-13)8-15-11-3-4-11/h7,9,11,15-17H,2-6,8,10H2,1H3. The van der Waals surface area contributed by atoms with E-state index in [1.54, 1.807) is 12.3 Å². The highest BCUT2D eigenvalue weighted by Crippen LogP contribution is 2.23. The van der Waals surface area contributed by atoms with E-state index in [0.717, 1.165) is 18.5 Å². The normalized spacial score (nSPS) is 26.9. The highest BCUT2D eigenvalue weighted by Gasteiger charge is 2.33. The maximum Gasteiger partial charge on any atom is 0.242 e. The molecule has 1 atom stereocenters. The summed E-state index contributed by atoms with van der Waals surface area (Å²) in [5, 5.41) is 3.36. The van der Waals surface area contributed by atoms with Gasteiger partial charge in [-0.1, -0.05) is 0 Å².